The van der Waals surface area contributed by atoms with Crippen molar-refractivity contribution in [1.29, 1.82) is 0 Å². The number of hydrogen-bond acceptors (Lipinski definition) is 4. The van der Waals surface area contributed by atoms with Crippen molar-refractivity contribution in [2.45, 2.75) is 46.8 Å². The third kappa shape index (κ3) is 6.06. The van der Waals surface area contributed by atoms with Gasteiger partial charge >= 0.3 is 93.3 Å². The van der Waals surface area contributed by atoms with E-state index in [9.17, 15) is 87.6 Å². The number of alkyl halides is 15. The number of para-hydroxylation sites is 1. The smallest absolute Gasteiger partial charge is 0.744 e. The first-order valence-corrected chi connectivity index (χ1v) is 9.56. The van der Waals surface area contributed by atoms with Crippen LogP contribution in [0.3, 0.4) is 0 Å². The number of halogens is 17. The van der Waals surface area contributed by atoms with E-state index in [-0.39, 0.29) is 63.5 Å². The minimum atomic E-state index is -8.19. The van der Waals surface area contributed by atoms with Crippen LogP contribution >= 0.6 is 0 Å². The van der Waals surface area contributed by atoms with Gasteiger partial charge in [0.15, 0.2) is 0 Å². The van der Waals surface area contributed by atoms with Crippen LogP contribution in [0.4, 0.5) is 74.6 Å². The number of rotatable bonds is 9. The Morgan fingerprint density at radius 1 is 0.658 bits per heavy atom. The first-order chi connectivity index (χ1) is 16.0. The molecule has 0 amide bonds. The first kappa shape index (κ1) is 37.1. The summed E-state index contributed by atoms with van der Waals surface area (Å²) in [4.78, 5) is -1.99. The molecule has 0 unspecified atom stereocenters. The fourth-order valence-corrected chi connectivity index (χ4v) is 2.65. The zero-order chi connectivity index (χ0) is 29.8. The molecule has 0 radical (unpaired) electrons. The quantitative estimate of drug-likeness (QED) is 0.235. The molecular formula is C15H4F17KO4S. The third-order valence-electron chi connectivity index (χ3n) is 4.01. The summed E-state index contributed by atoms with van der Waals surface area (Å²) in [5.41, 5.74) is 0. The molecule has 0 N–H and O–H groups in total. The second kappa shape index (κ2) is 10.8. The van der Waals surface area contributed by atoms with Crippen molar-refractivity contribution < 1.29 is 144 Å². The SMILES string of the molecule is O=S(=O)([O-])c1ccccc1OC(F)(F)C(F)(F)C(F)(F)C(F)(F)/C(F)=C(\F)C(F)(F)C(F)(F)C(F)(F)F.[K+]. The predicted octanol–water partition coefficient (Wildman–Crippen LogP) is 3.46. The summed E-state index contributed by atoms with van der Waals surface area (Å²) in [6.45, 7) is 0. The van der Waals surface area contributed by atoms with Gasteiger partial charge in [0.1, 0.15) is 15.9 Å². The van der Waals surface area contributed by atoms with Crippen LogP contribution in [0, 0.1) is 0 Å². The van der Waals surface area contributed by atoms with Crippen molar-refractivity contribution in [2.24, 2.45) is 0 Å². The van der Waals surface area contributed by atoms with E-state index in [0.29, 0.717) is 12.1 Å². The monoisotopic (exact) mass is 642 g/mol. The molecule has 214 valence electrons. The molecule has 1 aromatic rings. The summed E-state index contributed by atoms with van der Waals surface area (Å²) in [7, 11) is -5.93. The fraction of sp³-hybridized carbons (Fsp3) is 0.467. The molecule has 0 aliphatic heterocycles. The van der Waals surface area contributed by atoms with Gasteiger partial charge in [-0.05, 0) is 12.1 Å². The Bertz CT molecular complexity index is 1160. The summed E-state index contributed by atoms with van der Waals surface area (Å²) in [5, 5.41) is 0. The maximum Gasteiger partial charge on any atom is 1.00 e. The van der Waals surface area contributed by atoms with Crippen LogP contribution in [-0.4, -0.2) is 54.9 Å². The molecule has 0 bridgehead atoms. The molecule has 38 heavy (non-hydrogen) atoms. The van der Waals surface area contributed by atoms with Crippen LogP contribution in [0.1, 0.15) is 0 Å². The van der Waals surface area contributed by atoms with Crippen LogP contribution in [0.15, 0.2) is 40.8 Å². The zero-order valence-corrected chi connectivity index (χ0v) is 21.2. The maximum atomic E-state index is 13.8. The van der Waals surface area contributed by atoms with Crippen molar-refractivity contribution in [3.8, 4) is 5.75 Å². The molecule has 23 heteroatoms. The van der Waals surface area contributed by atoms with Gasteiger partial charge in [-0.1, -0.05) is 12.1 Å². The fourth-order valence-electron chi connectivity index (χ4n) is 2.05. The Hall–Kier alpha value is -0.884. The van der Waals surface area contributed by atoms with Crippen LogP contribution in [0.2, 0.25) is 0 Å². The maximum absolute atomic E-state index is 13.8. The standard InChI is InChI=1S/C15H5F17O4S.K/c16-7(8(17)10(20,21)12(24,25)14(28,29)30)9(18,19)11(22,23)13(26,27)15(31,32)36-5-3-1-2-4-6(5)37(33,34)35;/h1-4H,(H,33,34,35);/q;+1/p-1/b8-7+;. The second-order valence-electron chi connectivity index (χ2n) is 6.52. The van der Waals surface area contributed by atoms with Gasteiger partial charge in [-0.15, -0.1) is 0 Å². The Balaban J connectivity index is 0.0000137. The van der Waals surface area contributed by atoms with Gasteiger partial charge in [-0.3, -0.25) is 0 Å². The molecule has 0 aliphatic carbocycles. The van der Waals surface area contributed by atoms with Crippen molar-refractivity contribution >= 4 is 10.1 Å². The largest absolute Gasteiger partial charge is 1.00 e. The average Bonchev–Trinajstić information content (AvgIpc) is 2.70. The second-order valence-corrected chi connectivity index (χ2v) is 7.87. The molecule has 0 aromatic heterocycles. The van der Waals surface area contributed by atoms with Gasteiger partial charge in [0.2, 0.25) is 11.7 Å². The number of ether oxygens (including phenoxy) is 1. The van der Waals surface area contributed by atoms with E-state index in [1.165, 1.54) is 0 Å². The van der Waals surface area contributed by atoms with Crippen molar-refractivity contribution in [3.05, 3.63) is 35.9 Å². The Labute approximate surface area is 241 Å². The summed E-state index contributed by atoms with van der Waals surface area (Å²) in [6.07, 6.45) is -14.7. The van der Waals surface area contributed by atoms with Gasteiger partial charge in [0, 0.05) is 0 Å². The summed E-state index contributed by atoms with van der Waals surface area (Å²) in [5.74, 6) is -52.8. The van der Waals surface area contributed by atoms with Gasteiger partial charge in [-0.25, -0.2) is 17.2 Å². The third-order valence-corrected chi connectivity index (χ3v) is 4.88. The van der Waals surface area contributed by atoms with Gasteiger partial charge in [-0.2, -0.15) is 65.9 Å². The van der Waals surface area contributed by atoms with Gasteiger partial charge < -0.3 is 9.29 Å². The first-order valence-electron chi connectivity index (χ1n) is 8.15. The number of hydrogen-bond donors (Lipinski definition) is 0. The van der Waals surface area contributed by atoms with Crippen LogP contribution in [0.5, 0.6) is 5.75 Å². The van der Waals surface area contributed by atoms with Gasteiger partial charge in [0.25, 0.3) is 0 Å². The number of allylic oxidation sites excluding steroid dienone is 2. The van der Waals surface area contributed by atoms with E-state index in [4.69, 9.17) is 0 Å². The Kier molecular flexibility index (Phi) is 10.6. The normalized spacial score (nSPS) is 15.5. The summed E-state index contributed by atoms with van der Waals surface area (Å²) >= 11 is 0. The van der Waals surface area contributed by atoms with Crippen molar-refractivity contribution in [3.63, 3.8) is 0 Å². The van der Waals surface area contributed by atoms with Crippen LogP contribution in [0.25, 0.3) is 0 Å². The molecule has 1 aromatic carbocycles. The van der Waals surface area contributed by atoms with E-state index in [0.717, 1.165) is 0 Å². The van der Waals surface area contributed by atoms with Gasteiger partial charge in [0.05, 0.1) is 4.90 Å². The Morgan fingerprint density at radius 2 is 1.03 bits per heavy atom. The molecule has 0 saturated heterocycles. The Morgan fingerprint density at radius 3 is 1.39 bits per heavy atom. The van der Waals surface area contributed by atoms with Crippen LogP contribution < -0.4 is 56.1 Å². The zero-order valence-electron chi connectivity index (χ0n) is 17.3. The minimum Gasteiger partial charge on any atom is -0.744 e. The predicted molar refractivity (Wildman–Crippen MR) is 80.0 cm³/mol. The molecule has 0 saturated carbocycles. The molecule has 4 nitrogen and oxygen atoms in total. The van der Waals surface area contributed by atoms with Crippen LogP contribution in [-0.2, 0) is 10.1 Å². The molecule has 1 rings (SSSR count). The topological polar surface area (TPSA) is 66.4 Å². The molecule has 0 atom stereocenters. The van der Waals surface area contributed by atoms with E-state index >= 15 is 0 Å². The summed E-state index contributed by atoms with van der Waals surface area (Å²) in [6, 6.07) is 0.895. The minimum absolute atomic E-state index is 0. The molecular weight excluding hydrogens is 638 g/mol. The average molecular weight is 642 g/mol. The summed E-state index contributed by atoms with van der Waals surface area (Å²) < 4.78 is 259. The van der Waals surface area contributed by atoms with E-state index in [1.54, 1.807) is 0 Å². The molecule has 0 aliphatic rings. The molecule has 0 heterocycles. The van der Waals surface area contributed by atoms with E-state index < -0.39 is 74.3 Å². The van der Waals surface area contributed by atoms with E-state index in [1.807, 2.05) is 0 Å². The van der Waals surface area contributed by atoms with Crippen molar-refractivity contribution in [2.75, 3.05) is 0 Å². The number of benzene rings is 1. The molecule has 0 fully saturated rings. The van der Waals surface area contributed by atoms with E-state index in [2.05, 4.69) is 4.74 Å². The molecule has 0 spiro atoms. The van der Waals surface area contributed by atoms with Crippen molar-refractivity contribution in [1.82, 2.24) is 0 Å².